The van der Waals surface area contributed by atoms with Gasteiger partial charge in [0.05, 0.1) is 0 Å². The van der Waals surface area contributed by atoms with Gasteiger partial charge in [-0.25, -0.2) is 15.0 Å². The van der Waals surface area contributed by atoms with Gasteiger partial charge in [-0.15, -0.1) is 63.1 Å². The van der Waals surface area contributed by atoms with E-state index in [2.05, 4.69) is 112 Å². The highest BCUT2D eigenvalue weighted by molar-refractivity contribution is 7.82. The van der Waals surface area contributed by atoms with Crippen LogP contribution in [0.25, 0.3) is 0 Å². The van der Waals surface area contributed by atoms with Crippen molar-refractivity contribution in [1.29, 1.82) is 0 Å². The molecule has 1 aromatic carbocycles. The molecular formula is C20H29N7S5. The summed E-state index contributed by atoms with van der Waals surface area (Å²) in [5.74, 6) is 0.692. The van der Waals surface area contributed by atoms with Gasteiger partial charge < -0.3 is 4.90 Å². The van der Waals surface area contributed by atoms with Gasteiger partial charge in [-0.05, 0) is 31.0 Å². The molecule has 0 aliphatic rings. The van der Waals surface area contributed by atoms with Gasteiger partial charge in [0.15, 0.2) is 10.3 Å². The van der Waals surface area contributed by atoms with E-state index < -0.39 is 0 Å². The zero-order valence-corrected chi connectivity index (χ0v) is 22.5. The molecule has 0 fully saturated rings. The second-order valence-electron chi connectivity index (χ2n) is 6.43. The Hall–Kier alpha value is -1.21. The van der Waals surface area contributed by atoms with Gasteiger partial charge >= 0.3 is 0 Å². The van der Waals surface area contributed by atoms with Gasteiger partial charge in [-0.3, -0.25) is 0 Å². The van der Waals surface area contributed by atoms with E-state index in [-0.39, 0.29) is 0 Å². The van der Waals surface area contributed by atoms with E-state index in [0.29, 0.717) is 16.3 Å². The zero-order chi connectivity index (χ0) is 23.8. The molecule has 7 nitrogen and oxygen atoms in total. The van der Waals surface area contributed by atoms with E-state index >= 15 is 0 Å². The first-order valence-corrected chi connectivity index (χ1v) is 12.2. The second-order valence-corrected chi connectivity index (χ2v) is 8.78. The SMILES string of the molecule is CCCCN(CCCC)c1nc(S)nc(S)n1.Sc1cc(S)cc(S)c1.c1ncncn1. The van der Waals surface area contributed by atoms with Crippen molar-refractivity contribution in [2.45, 2.75) is 64.5 Å². The molecule has 3 rings (SSSR count). The van der Waals surface area contributed by atoms with Crippen molar-refractivity contribution in [1.82, 2.24) is 29.9 Å². The molecule has 0 aliphatic carbocycles. The third-order valence-corrected chi connectivity index (χ3v) is 4.91. The van der Waals surface area contributed by atoms with Gasteiger partial charge in [0, 0.05) is 27.8 Å². The predicted octanol–water partition coefficient (Wildman–Crippen LogP) is 5.28. The first-order chi connectivity index (χ1) is 15.3. The van der Waals surface area contributed by atoms with Gasteiger partial charge in [0.1, 0.15) is 19.0 Å². The predicted molar refractivity (Wildman–Crippen MR) is 144 cm³/mol. The average Bonchev–Trinajstić information content (AvgIpc) is 2.74. The third-order valence-electron chi connectivity index (χ3n) is 3.73. The summed E-state index contributed by atoms with van der Waals surface area (Å²) in [6, 6.07) is 5.60. The number of hydrogen-bond donors (Lipinski definition) is 5. The minimum absolute atomic E-state index is 0.429. The van der Waals surface area contributed by atoms with E-state index in [0.717, 1.165) is 53.5 Å². The van der Waals surface area contributed by atoms with Gasteiger partial charge in [0.2, 0.25) is 5.95 Å². The summed E-state index contributed by atoms with van der Waals surface area (Å²) in [6.45, 7) is 6.31. The molecule has 0 amide bonds. The van der Waals surface area contributed by atoms with Crippen LogP contribution in [0.1, 0.15) is 39.5 Å². The van der Waals surface area contributed by atoms with Crippen molar-refractivity contribution in [2.75, 3.05) is 18.0 Å². The molecule has 0 N–H and O–H groups in total. The summed E-state index contributed by atoms with van der Waals surface area (Å²) in [5, 5.41) is 0.857. The van der Waals surface area contributed by atoms with Crippen LogP contribution in [-0.2, 0) is 0 Å². The molecule has 12 heteroatoms. The molecule has 0 unspecified atom stereocenters. The van der Waals surface area contributed by atoms with E-state index in [9.17, 15) is 0 Å². The fraction of sp³-hybridized carbons (Fsp3) is 0.400. The minimum atomic E-state index is 0.429. The number of nitrogens with zero attached hydrogens (tertiary/aromatic N) is 7. The van der Waals surface area contributed by atoms with Gasteiger partial charge in [-0.2, -0.15) is 15.0 Å². The standard InChI is InChI=1S/C11H20N4S2.C6H6S3.C3H3N3/c1-3-5-7-15(8-6-4-2)9-12-10(16)14-11(17)13-9;7-4-1-5(8)3-6(9)2-4;1-4-2-6-3-5-1/h3-8H2,1-2H3,(H2,12,13,14,16,17);1-3,7-9H;1-3H. The van der Waals surface area contributed by atoms with Crippen molar-refractivity contribution >= 4 is 69.1 Å². The Balaban J connectivity index is 0.000000281. The van der Waals surface area contributed by atoms with Crippen LogP contribution >= 0.6 is 63.1 Å². The van der Waals surface area contributed by atoms with Gasteiger partial charge in [0.25, 0.3) is 0 Å². The molecule has 0 radical (unpaired) electrons. The van der Waals surface area contributed by atoms with Gasteiger partial charge in [-0.1, -0.05) is 26.7 Å². The Bertz CT molecular complexity index is 797. The molecule has 0 saturated carbocycles. The Morgan fingerprint density at radius 3 is 1.31 bits per heavy atom. The lowest BCUT2D eigenvalue weighted by atomic mass is 10.3. The molecule has 0 bridgehead atoms. The topological polar surface area (TPSA) is 80.6 Å². The summed E-state index contributed by atoms with van der Waals surface area (Å²) in [6.07, 6.45) is 8.91. The molecule has 0 saturated heterocycles. The maximum Gasteiger partial charge on any atom is 0.230 e. The Labute approximate surface area is 217 Å². The summed E-state index contributed by atoms with van der Waals surface area (Å²) in [7, 11) is 0. The van der Waals surface area contributed by atoms with E-state index in [1.165, 1.54) is 19.0 Å². The molecule has 0 atom stereocenters. The van der Waals surface area contributed by atoms with Crippen LogP contribution in [0.3, 0.4) is 0 Å². The third kappa shape index (κ3) is 13.4. The second kappa shape index (κ2) is 17.3. The van der Waals surface area contributed by atoms with Crippen molar-refractivity contribution in [3.05, 3.63) is 37.2 Å². The van der Waals surface area contributed by atoms with Crippen LogP contribution in [0.2, 0.25) is 0 Å². The molecule has 0 spiro atoms. The maximum absolute atomic E-state index is 4.26. The number of thiol groups is 5. The van der Waals surface area contributed by atoms with E-state index in [1.54, 1.807) is 0 Å². The lowest BCUT2D eigenvalue weighted by Crippen LogP contribution is -2.28. The van der Waals surface area contributed by atoms with E-state index in [4.69, 9.17) is 0 Å². The first kappa shape index (κ1) is 28.8. The monoisotopic (exact) mass is 527 g/mol. The number of hydrogen-bond acceptors (Lipinski definition) is 12. The number of rotatable bonds is 7. The highest BCUT2D eigenvalue weighted by Gasteiger charge is 2.10. The Kier molecular flexibility index (Phi) is 15.6. The van der Waals surface area contributed by atoms with Crippen LogP contribution in [0.5, 0.6) is 0 Å². The van der Waals surface area contributed by atoms with Crippen LogP contribution in [-0.4, -0.2) is 43.0 Å². The highest BCUT2D eigenvalue weighted by atomic mass is 32.1. The lowest BCUT2D eigenvalue weighted by Gasteiger charge is -2.22. The summed E-state index contributed by atoms with van der Waals surface area (Å²) in [4.78, 5) is 28.0. The molecule has 32 heavy (non-hydrogen) atoms. The summed E-state index contributed by atoms with van der Waals surface area (Å²) >= 11 is 20.7. The van der Waals surface area contributed by atoms with E-state index in [1.807, 2.05) is 18.2 Å². The number of aromatic nitrogens is 6. The quantitative estimate of drug-likeness (QED) is 0.268. The Morgan fingerprint density at radius 1 is 0.625 bits per heavy atom. The normalized spacial score (nSPS) is 9.84. The number of anilines is 1. The summed E-state index contributed by atoms with van der Waals surface area (Å²) < 4.78 is 0. The fourth-order valence-corrected chi connectivity index (χ4v) is 3.87. The number of unbranched alkanes of at least 4 members (excludes halogenated alkanes) is 2. The smallest absolute Gasteiger partial charge is 0.230 e. The zero-order valence-electron chi connectivity index (χ0n) is 18.1. The van der Waals surface area contributed by atoms with Crippen molar-refractivity contribution in [3.8, 4) is 0 Å². The van der Waals surface area contributed by atoms with Crippen molar-refractivity contribution in [2.24, 2.45) is 0 Å². The Morgan fingerprint density at radius 2 is 1.00 bits per heavy atom. The highest BCUT2D eigenvalue weighted by Crippen LogP contribution is 2.18. The van der Waals surface area contributed by atoms with Crippen LogP contribution in [0, 0.1) is 0 Å². The minimum Gasteiger partial charge on any atom is -0.341 e. The molecule has 2 aromatic heterocycles. The molecule has 3 aromatic rings. The number of benzene rings is 1. The molecule has 0 aliphatic heterocycles. The first-order valence-electron chi connectivity index (χ1n) is 10.0. The van der Waals surface area contributed by atoms with Crippen LogP contribution in [0.4, 0.5) is 5.95 Å². The fourth-order valence-electron chi connectivity index (χ4n) is 2.28. The summed E-state index contributed by atoms with van der Waals surface area (Å²) in [5.41, 5.74) is 0. The van der Waals surface area contributed by atoms with Crippen molar-refractivity contribution < 1.29 is 0 Å². The lowest BCUT2D eigenvalue weighted by molar-refractivity contribution is 0.645. The maximum atomic E-state index is 4.26. The molecular weight excluding hydrogens is 499 g/mol. The molecule has 174 valence electrons. The van der Waals surface area contributed by atoms with Crippen LogP contribution in [0.15, 0.2) is 62.2 Å². The van der Waals surface area contributed by atoms with Crippen LogP contribution < -0.4 is 4.90 Å². The largest absolute Gasteiger partial charge is 0.341 e. The van der Waals surface area contributed by atoms with Crippen molar-refractivity contribution in [3.63, 3.8) is 0 Å². The molecule has 2 heterocycles. The average molecular weight is 528 g/mol.